The van der Waals surface area contributed by atoms with E-state index in [0.717, 1.165) is 12.3 Å². The maximum absolute atomic E-state index is 15.5. The van der Waals surface area contributed by atoms with E-state index in [9.17, 15) is 33.3 Å². The van der Waals surface area contributed by atoms with Crippen LogP contribution in [0.1, 0.15) is 96.2 Å². The van der Waals surface area contributed by atoms with Gasteiger partial charge in [-0.05, 0) is 85.5 Å². The molecular weight excluding hydrogens is 852 g/mol. The van der Waals surface area contributed by atoms with Gasteiger partial charge in [-0.25, -0.2) is 22.9 Å². The second-order valence-electron chi connectivity index (χ2n) is 12.5. The number of nitrogens with one attached hydrogen (secondary N) is 1. The molecule has 0 spiro atoms. The number of H-pyrrole nitrogens is 1. The third-order valence-electron chi connectivity index (χ3n) is 9.05. The maximum atomic E-state index is 15.5. The van der Waals surface area contributed by atoms with Crippen molar-refractivity contribution >= 4 is 23.5 Å². The smallest absolute Gasteiger partial charge is 0.386 e. The number of hydrogen-bond acceptors (Lipinski definition) is 14. The summed E-state index contributed by atoms with van der Waals surface area (Å²) in [7, 11) is -17.0. The summed E-state index contributed by atoms with van der Waals surface area (Å²) in [5.41, 5.74) is -4.94. The first kappa shape index (κ1) is 62.6. The molecule has 0 saturated carbocycles. The van der Waals surface area contributed by atoms with Crippen molar-refractivity contribution in [3.8, 4) is 11.8 Å². The zero-order valence-corrected chi connectivity index (χ0v) is 40.6. The summed E-state index contributed by atoms with van der Waals surface area (Å²) in [5, 5.41) is 10.3. The fraction of sp³-hybridized carbons (Fsp3) is 0.833. The molecule has 0 aliphatic carbocycles. The zero-order chi connectivity index (χ0) is 47.3. The highest BCUT2D eigenvalue weighted by atomic mass is 31.3. The van der Waals surface area contributed by atoms with Crippen molar-refractivity contribution in [3.05, 3.63) is 33.1 Å². The molecule has 20 nitrogen and oxygen atoms in total. The van der Waals surface area contributed by atoms with Crippen molar-refractivity contribution < 1.29 is 60.6 Å². The Hall–Kier alpha value is -1.66. The largest absolute Gasteiger partial charge is 0.490 e. The molecule has 6 atom stereocenters. The number of rotatable bonds is 20. The molecule has 1 fully saturated rings. The molecule has 1 aliphatic rings. The van der Waals surface area contributed by atoms with Gasteiger partial charge in [-0.15, -0.1) is 5.92 Å². The molecule has 2 heterocycles. The van der Waals surface area contributed by atoms with Crippen LogP contribution in [0.5, 0.6) is 0 Å². The van der Waals surface area contributed by atoms with Crippen LogP contribution in [-0.4, -0.2) is 157 Å². The van der Waals surface area contributed by atoms with E-state index in [1.54, 1.807) is 0 Å². The number of ether oxygens (including phenoxy) is 1. The molecule has 356 valence electrons. The minimum Gasteiger partial charge on any atom is -0.386 e. The Kier molecular flexibility index (Phi) is 34.4. The number of hydrogen-bond donors (Lipinski definition) is 6. The van der Waals surface area contributed by atoms with Gasteiger partial charge in [-0.2, -0.15) is 8.62 Å². The number of nitrogens with zero attached hydrogens (tertiary/aromatic N) is 5. The summed E-state index contributed by atoms with van der Waals surface area (Å²) >= 11 is 0. The van der Waals surface area contributed by atoms with Gasteiger partial charge in [0, 0.05) is 12.3 Å². The molecule has 24 heteroatoms. The van der Waals surface area contributed by atoms with Gasteiger partial charge in [0.1, 0.15) is 12.2 Å². The monoisotopic (exact) mass is 928 g/mol. The SMILES string of the molecule is CC#C[C@@]1(F)[C@H](O)[C@@H](COP(=O)(O)OP(=O)(O)OP(=O)(O)O)O[C@H]1n1ccc(=O)[nH]c1=O.CCN(CC)CC.CCN(CC)CC.CCN(CC)CC.CCN(CC)CC. The summed E-state index contributed by atoms with van der Waals surface area (Å²) in [6, 6.07) is 0.844. The lowest BCUT2D eigenvalue weighted by atomic mass is 9.96. The third-order valence-corrected chi connectivity index (χ3v) is 12.9. The number of aliphatic hydroxyl groups excluding tert-OH is 1. The second-order valence-corrected chi connectivity index (χ2v) is 16.9. The molecule has 2 rings (SSSR count). The average Bonchev–Trinajstić information content (AvgIpc) is 3.41. The van der Waals surface area contributed by atoms with E-state index in [0.29, 0.717) is 4.57 Å². The van der Waals surface area contributed by atoms with Gasteiger partial charge < -0.3 is 49.0 Å². The Morgan fingerprint density at radius 2 is 1.08 bits per heavy atom. The summed E-state index contributed by atoms with van der Waals surface area (Å²) < 4.78 is 66.3. The highest BCUT2D eigenvalue weighted by molar-refractivity contribution is 7.66. The zero-order valence-electron chi connectivity index (χ0n) is 37.9. The lowest BCUT2D eigenvalue weighted by Crippen LogP contribution is -2.45. The molecule has 6 N–H and O–H groups in total. The van der Waals surface area contributed by atoms with Gasteiger partial charge in [-0.3, -0.25) is 18.9 Å². The first-order valence-electron chi connectivity index (χ1n) is 20.3. The molecule has 0 amide bonds. The number of halogens is 1. The minimum atomic E-state index is -5.80. The van der Waals surface area contributed by atoms with Crippen LogP contribution in [0.4, 0.5) is 4.39 Å². The quantitative estimate of drug-likeness (QED) is 0.0789. The predicted molar refractivity (Wildman–Crippen MR) is 232 cm³/mol. The van der Waals surface area contributed by atoms with Crippen molar-refractivity contribution in [3.63, 3.8) is 0 Å². The van der Waals surface area contributed by atoms with Gasteiger partial charge in [0.15, 0.2) is 6.23 Å². The van der Waals surface area contributed by atoms with Crippen molar-refractivity contribution in [2.45, 2.75) is 114 Å². The second kappa shape index (κ2) is 32.9. The summed E-state index contributed by atoms with van der Waals surface area (Å²) in [5.74, 6) is 4.17. The van der Waals surface area contributed by atoms with Gasteiger partial charge in [0.05, 0.1) is 6.61 Å². The van der Waals surface area contributed by atoms with Crippen LogP contribution < -0.4 is 11.2 Å². The molecule has 1 aliphatic heterocycles. The highest BCUT2D eigenvalue weighted by Crippen LogP contribution is 2.66. The molecule has 1 aromatic rings. The lowest BCUT2D eigenvalue weighted by Gasteiger charge is -2.23. The Labute approximate surface area is 356 Å². The maximum Gasteiger partial charge on any atom is 0.490 e. The molecule has 1 saturated heterocycles. The standard InChI is InChI=1S/C12H16FN2O14P3.4C6H15N/c1-2-4-12(13)9(17)7(27-10(12)15-5-3-8(16)14-11(15)18)6-26-31(22,23)29-32(24,25)28-30(19,20)21;4*1-4-7(5-2)6-3/h3,5,7,9-10,17H,6H2,1H3,(H,22,23)(H,24,25)(H,14,16,18)(H2,19,20,21);4*4-6H2,1-3H3/t7-,9-,10-,12-;;;;/m1..../s1. The first-order chi connectivity index (χ1) is 27.9. The van der Waals surface area contributed by atoms with E-state index in [4.69, 9.17) is 19.4 Å². The average molecular weight is 929 g/mol. The van der Waals surface area contributed by atoms with Gasteiger partial charge in [0.2, 0.25) is 5.67 Å². The van der Waals surface area contributed by atoms with Crippen molar-refractivity contribution in [2.24, 2.45) is 0 Å². The number of phosphoric ester groups is 1. The fourth-order valence-corrected chi connectivity index (χ4v) is 8.28. The summed E-state index contributed by atoms with van der Waals surface area (Å²) in [6.07, 6.45) is -5.17. The van der Waals surface area contributed by atoms with Crippen LogP contribution in [0, 0.1) is 11.8 Å². The van der Waals surface area contributed by atoms with E-state index in [2.05, 4.69) is 122 Å². The topological polar surface area (TPSA) is 257 Å². The molecule has 0 radical (unpaired) electrons. The number of aliphatic hydroxyl groups is 1. The lowest BCUT2D eigenvalue weighted by molar-refractivity contribution is -0.0535. The van der Waals surface area contributed by atoms with Crippen molar-refractivity contribution in [1.29, 1.82) is 0 Å². The van der Waals surface area contributed by atoms with E-state index >= 15 is 4.39 Å². The highest BCUT2D eigenvalue weighted by Gasteiger charge is 2.58. The van der Waals surface area contributed by atoms with Gasteiger partial charge >= 0.3 is 29.2 Å². The molecule has 0 bridgehead atoms. The molecule has 2 unspecified atom stereocenters. The minimum absolute atomic E-state index is 0.541. The van der Waals surface area contributed by atoms with E-state index in [1.165, 1.54) is 85.5 Å². The van der Waals surface area contributed by atoms with Crippen LogP contribution >= 0.6 is 23.5 Å². The normalized spacial score (nSPS) is 20.6. The Morgan fingerprint density at radius 3 is 1.37 bits per heavy atom. The Morgan fingerprint density at radius 1 is 0.717 bits per heavy atom. The molecular formula is C36H76FN6O14P3. The molecule has 60 heavy (non-hydrogen) atoms. The fourth-order valence-electron chi connectivity index (χ4n) is 5.25. The number of aromatic amines is 1. The summed E-state index contributed by atoms with van der Waals surface area (Å²) in [6.45, 7) is 40.5. The van der Waals surface area contributed by atoms with E-state index in [-0.39, 0.29) is 0 Å². The molecule has 0 aromatic carbocycles. The van der Waals surface area contributed by atoms with E-state index in [1.807, 2.05) is 10.9 Å². The first-order valence-corrected chi connectivity index (χ1v) is 24.9. The number of aromatic nitrogens is 2. The van der Waals surface area contributed by atoms with E-state index < -0.39 is 65.4 Å². The molecule has 1 aromatic heterocycles. The Bertz CT molecular complexity index is 1520. The van der Waals surface area contributed by atoms with Crippen LogP contribution in [-0.2, 0) is 31.6 Å². The van der Waals surface area contributed by atoms with Gasteiger partial charge in [-0.1, -0.05) is 89.0 Å². The van der Waals surface area contributed by atoms with Crippen LogP contribution in [0.15, 0.2) is 21.9 Å². The predicted octanol–water partition coefficient (Wildman–Crippen LogP) is 4.26. The Balaban J connectivity index is -0.000000930. The van der Waals surface area contributed by atoms with Crippen LogP contribution in [0.2, 0.25) is 0 Å². The third kappa shape index (κ3) is 26.1. The van der Waals surface area contributed by atoms with Crippen LogP contribution in [0.25, 0.3) is 0 Å². The number of phosphoric acid groups is 3. The van der Waals surface area contributed by atoms with Crippen molar-refractivity contribution in [1.82, 2.24) is 29.2 Å². The van der Waals surface area contributed by atoms with Gasteiger partial charge in [0.25, 0.3) is 5.56 Å². The van der Waals surface area contributed by atoms with Crippen LogP contribution in [0.3, 0.4) is 0 Å². The number of alkyl halides is 1. The summed E-state index contributed by atoms with van der Waals surface area (Å²) in [4.78, 5) is 70.1. The van der Waals surface area contributed by atoms with Crippen molar-refractivity contribution in [2.75, 3.05) is 85.1 Å².